The molecule has 26 heavy (non-hydrogen) atoms. The molecule has 4 nitrogen and oxygen atoms in total. The number of ketones is 2. The molecule has 4 heteroatoms. The first kappa shape index (κ1) is 18.2. The Balaban J connectivity index is 1.77. The van der Waals surface area contributed by atoms with Crippen LogP contribution in [0.5, 0.6) is 5.75 Å². The Morgan fingerprint density at radius 1 is 1.27 bits per heavy atom. The molecule has 0 fully saturated rings. The van der Waals surface area contributed by atoms with E-state index in [0.29, 0.717) is 17.8 Å². The highest BCUT2D eigenvalue weighted by Gasteiger charge is 2.41. The molecule has 3 rings (SSSR count). The lowest BCUT2D eigenvalue weighted by atomic mass is 9.75. The van der Waals surface area contributed by atoms with Crippen LogP contribution >= 0.6 is 0 Å². The van der Waals surface area contributed by atoms with Crippen LogP contribution in [0.25, 0.3) is 6.08 Å². The molecule has 0 aromatic heterocycles. The normalized spacial score (nSPS) is 24.4. The van der Waals surface area contributed by atoms with Crippen LogP contribution in [0.2, 0.25) is 0 Å². The molecule has 0 N–H and O–H groups in total. The zero-order valence-electron chi connectivity index (χ0n) is 15.6. The molecule has 1 aromatic carbocycles. The maximum absolute atomic E-state index is 12.9. The van der Waals surface area contributed by atoms with Crippen molar-refractivity contribution >= 4 is 17.6 Å². The van der Waals surface area contributed by atoms with Crippen LogP contribution in [0.15, 0.2) is 53.8 Å². The molecule has 2 aliphatic rings. The van der Waals surface area contributed by atoms with E-state index >= 15 is 0 Å². The summed E-state index contributed by atoms with van der Waals surface area (Å²) >= 11 is 0. The number of hydrogen-bond donors (Lipinski definition) is 0. The molecule has 0 saturated heterocycles. The minimum atomic E-state index is -0.655. The van der Waals surface area contributed by atoms with Gasteiger partial charge in [0, 0.05) is 6.42 Å². The fraction of sp³-hybridized carbons (Fsp3) is 0.364. The van der Waals surface area contributed by atoms with E-state index in [-0.39, 0.29) is 17.5 Å². The van der Waals surface area contributed by atoms with Gasteiger partial charge in [-0.2, -0.15) is 0 Å². The number of benzene rings is 1. The third-order valence-corrected chi connectivity index (χ3v) is 4.82. The second-order valence-corrected chi connectivity index (χ2v) is 7.41. The largest absolute Gasteiger partial charge is 0.497 e. The van der Waals surface area contributed by atoms with Crippen molar-refractivity contribution in [2.75, 3.05) is 7.11 Å². The van der Waals surface area contributed by atoms with Gasteiger partial charge in [0.1, 0.15) is 17.1 Å². The Morgan fingerprint density at radius 3 is 2.62 bits per heavy atom. The van der Waals surface area contributed by atoms with Gasteiger partial charge >= 0.3 is 0 Å². The van der Waals surface area contributed by atoms with Crippen LogP contribution in [-0.2, 0) is 14.3 Å². The van der Waals surface area contributed by atoms with Crippen molar-refractivity contribution in [2.45, 2.75) is 32.8 Å². The van der Waals surface area contributed by atoms with E-state index in [1.54, 1.807) is 19.3 Å². The van der Waals surface area contributed by atoms with Crippen LogP contribution in [0, 0.1) is 11.8 Å². The molecular formula is C22H24O4. The van der Waals surface area contributed by atoms with Crippen molar-refractivity contribution in [2.24, 2.45) is 11.8 Å². The van der Waals surface area contributed by atoms with Gasteiger partial charge in [-0.3, -0.25) is 9.59 Å². The second kappa shape index (κ2) is 6.94. The lowest BCUT2D eigenvalue weighted by Crippen LogP contribution is -2.38. The number of carbonyl (C=O) groups is 2. The third-order valence-electron chi connectivity index (χ3n) is 4.82. The van der Waals surface area contributed by atoms with Crippen molar-refractivity contribution in [3.05, 3.63) is 59.4 Å². The molecule has 0 radical (unpaired) electrons. The molecule has 1 aromatic rings. The minimum Gasteiger partial charge on any atom is -0.497 e. The van der Waals surface area contributed by atoms with Crippen molar-refractivity contribution in [1.82, 2.24) is 0 Å². The Kier molecular flexibility index (Phi) is 4.86. The summed E-state index contributed by atoms with van der Waals surface area (Å²) in [5.74, 6) is 0.418. The van der Waals surface area contributed by atoms with Gasteiger partial charge in [0.15, 0.2) is 11.6 Å². The molecule has 0 saturated carbocycles. The Bertz CT molecular complexity index is 809. The predicted octanol–water partition coefficient (Wildman–Crippen LogP) is 4.12. The van der Waals surface area contributed by atoms with Crippen molar-refractivity contribution in [3.8, 4) is 5.75 Å². The van der Waals surface area contributed by atoms with Gasteiger partial charge in [-0.25, -0.2) is 0 Å². The highest BCUT2D eigenvalue weighted by Crippen LogP contribution is 2.38. The highest BCUT2D eigenvalue weighted by molar-refractivity contribution is 6.16. The number of hydrogen-bond acceptors (Lipinski definition) is 4. The van der Waals surface area contributed by atoms with Crippen LogP contribution in [0.4, 0.5) is 0 Å². The average Bonchev–Trinajstić information content (AvgIpc) is 2.59. The molecule has 2 unspecified atom stereocenters. The zero-order chi connectivity index (χ0) is 18.9. The van der Waals surface area contributed by atoms with E-state index in [1.807, 2.05) is 51.1 Å². The third kappa shape index (κ3) is 3.64. The summed E-state index contributed by atoms with van der Waals surface area (Å²) in [5.41, 5.74) is 1.01. The molecule has 0 spiro atoms. The molecule has 136 valence electrons. The molecule has 0 bridgehead atoms. The van der Waals surface area contributed by atoms with E-state index in [2.05, 4.69) is 0 Å². The maximum Gasteiger partial charge on any atom is 0.177 e. The number of allylic oxidation sites excluding steroid dienone is 4. The van der Waals surface area contributed by atoms with Gasteiger partial charge in [0.25, 0.3) is 0 Å². The van der Waals surface area contributed by atoms with Crippen molar-refractivity contribution < 1.29 is 19.1 Å². The Hall–Kier alpha value is -2.62. The van der Waals surface area contributed by atoms with Crippen LogP contribution in [0.3, 0.4) is 0 Å². The highest BCUT2D eigenvalue weighted by atomic mass is 16.5. The van der Waals surface area contributed by atoms with Gasteiger partial charge in [0.2, 0.25) is 0 Å². The quantitative estimate of drug-likeness (QED) is 0.604. The molecule has 1 aliphatic carbocycles. The van der Waals surface area contributed by atoms with Crippen LogP contribution in [-0.4, -0.2) is 24.3 Å². The zero-order valence-corrected chi connectivity index (χ0v) is 15.6. The van der Waals surface area contributed by atoms with E-state index in [4.69, 9.17) is 9.47 Å². The average molecular weight is 352 g/mol. The first-order valence-corrected chi connectivity index (χ1v) is 8.82. The maximum atomic E-state index is 12.9. The molecular weight excluding hydrogens is 328 g/mol. The summed E-state index contributed by atoms with van der Waals surface area (Å²) in [6.45, 7) is 5.84. The van der Waals surface area contributed by atoms with Gasteiger partial charge in [-0.15, -0.1) is 0 Å². The van der Waals surface area contributed by atoms with Gasteiger partial charge in [-0.1, -0.05) is 25.1 Å². The number of methoxy groups -OCH3 is 1. The summed E-state index contributed by atoms with van der Waals surface area (Å²) in [7, 11) is 1.61. The van der Waals surface area contributed by atoms with E-state index in [9.17, 15) is 9.59 Å². The Morgan fingerprint density at radius 2 is 1.96 bits per heavy atom. The van der Waals surface area contributed by atoms with Gasteiger partial charge < -0.3 is 9.47 Å². The fourth-order valence-corrected chi connectivity index (χ4v) is 3.40. The smallest absolute Gasteiger partial charge is 0.177 e. The second-order valence-electron chi connectivity index (χ2n) is 7.41. The van der Waals surface area contributed by atoms with Gasteiger partial charge in [0.05, 0.1) is 18.6 Å². The molecule has 1 heterocycles. The fourth-order valence-electron chi connectivity index (χ4n) is 3.40. The number of Topliss-reactive ketones (excluding diaryl/α,β-unsaturated/α-hetero) is 1. The summed E-state index contributed by atoms with van der Waals surface area (Å²) in [5, 5.41) is 0. The first-order chi connectivity index (χ1) is 12.3. The topological polar surface area (TPSA) is 52.6 Å². The van der Waals surface area contributed by atoms with Gasteiger partial charge in [-0.05, 0) is 55.7 Å². The monoisotopic (exact) mass is 352 g/mol. The van der Waals surface area contributed by atoms with Crippen molar-refractivity contribution in [3.63, 3.8) is 0 Å². The lowest BCUT2D eigenvalue weighted by Gasteiger charge is -2.36. The first-order valence-electron chi connectivity index (χ1n) is 8.82. The summed E-state index contributed by atoms with van der Waals surface area (Å²) in [4.78, 5) is 25.6. The SMILES string of the molecule is COc1ccc(/C=C/C(=O)C2C(=O)C3=C(CC2C)OC(C)(C)C=C3)cc1. The summed E-state index contributed by atoms with van der Waals surface area (Å²) in [6.07, 6.45) is 7.52. The number of ether oxygens (including phenoxy) is 2. The molecule has 0 amide bonds. The predicted molar refractivity (Wildman–Crippen MR) is 101 cm³/mol. The van der Waals surface area contributed by atoms with E-state index in [0.717, 1.165) is 11.3 Å². The number of carbonyl (C=O) groups excluding carboxylic acids is 2. The molecule has 1 aliphatic heterocycles. The lowest BCUT2D eigenvalue weighted by molar-refractivity contribution is -0.131. The van der Waals surface area contributed by atoms with Crippen molar-refractivity contribution in [1.29, 1.82) is 0 Å². The van der Waals surface area contributed by atoms with E-state index < -0.39 is 11.5 Å². The summed E-state index contributed by atoms with van der Waals surface area (Å²) < 4.78 is 11.1. The van der Waals surface area contributed by atoms with Crippen LogP contribution < -0.4 is 4.74 Å². The minimum absolute atomic E-state index is 0.0865. The van der Waals surface area contributed by atoms with Crippen LogP contribution in [0.1, 0.15) is 32.8 Å². The summed E-state index contributed by atoms with van der Waals surface area (Å²) in [6, 6.07) is 7.41. The standard InChI is InChI=1S/C22H24O4/c1-14-13-19-17(11-12-22(2,3)26-19)21(24)20(14)18(23)10-7-15-5-8-16(25-4)9-6-15/h5-12,14,20H,13H2,1-4H3/b10-7+. The molecule has 2 atom stereocenters. The van der Waals surface area contributed by atoms with E-state index in [1.165, 1.54) is 6.08 Å². The number of rotatable bonds is 4. The Labute approximate surface area is 154 Å².